The predicted molar refractivity (Wildman–Crippen MR) is 48.2 cm³/mol. The lowest BCUT2D eigenvalue weighted by Gasteiger charge is -2.22. The van der Waals surface area contributed by atoms with E-state index in [1.54, 1.807) is 12.5 Å². The summed E-state index contributed by atoms with van der Waals surface area (Å²) in [4.78, 5) is 3.95. The van der Waals surface area contributed by atoms with Crippen molar-refractivity contribution in [3.05, 3.63) is 18.2 Å². The molecule has 0 radical (unpaired) electrons. The van der Waals surface area contributed by atoms with Gasteiger partial charge in [0.15, 0.2) is 0 Å². The maximum Gasteiger partial charge on any atom is 0.141 e. The molecule has 0 atom stereocenters. The molecule has 4 heteroatoms. The van der Waals surface area contributed by atoms with Crippen molar-refractivity contribution in [2.45, 2.75) is 26.3 Å². The van der Waals surface area contributed by atoms with Gasteiger partial charge in [0, 0.05) is 5.54 Å². The summed E-state index contributed by atoms with van der Waals surface area (Å²) in [5.41, 5.74) is 5.98. The standard InChI is InChI=1S/C8H14N4/c1-8(2,3)12-5-11-4-6(12)7(9)10/h4-5H,1-3H3,(H3,9,10). The first-order chi connectivity index (χ1) is 5.43. The maximum atomic E-state index is 7.29. The SMILES string of the molecule is CC(C)(C)n1cncc1C(=N)N. The first-order valence-electron chi connectivity index (χ1n) is 3.80. The van der Waals surface area contributed by atoms with E-state index >= 15 is 0 Å². The van der Waals surface area contributed by atoms with Gasteiger partial charge in [-0.05, 0) is 20.8 Å². The summed E-state index contributed by atoms with van der Waals surface area (Å²) in [7, 11) is 0. The van der Waals surface area contributed by atoms with E-state index in [-0.39, 0.29) is 11.4 Å². The van der Waals surface area contributed by atoms with Crippen LogP contribution < -0.4 is 5.73 Å². The number of hydrogen-bond acceptors (Lipinski definition) is 2. The quantitative estimate of drug-likeness (QED) is 0.481. The van der Waals surface area contributed by atoms with Crippen molar-refractivity contribution in [3.63, 3.8) is 0 Å². The summed E-state index contributed by atoms with van der Waals surface area (Å²) in [6, 6.07) is 0. The van der Waals surface area contributed by atoms with Crippen LogP contribution in [0.2, 0.25) is 0 Å². The molecule has 0 aliphatic rings. The highest BCUT2D eigenvalue weighted by atomic mass is 15.1. The van der Waals surface area contributed by atoms with Crippen LogP contribution in [0.25, 0.3) is 0 Å². The molecular formula is C8H14N4. The van der Waals surface area contributed by atoms with E-state index in [1.807, 2.05) is 25.3 Å². The molecule has 1 rings (SSSR count). The maximum absolute atomic E-state index is 7.29. The van der Waals surface area contributed by atoms with Crippen LogP contribution in [0.3, 0.4) is 0 Å². The topological polar surface area (TPSA) is 67.7 Å². The average Bonchev–Trinajstić information content (AvgIpc) is 2.30. The third-order valence-electron chi connectivity index (χ3n) is 1.64. The minimum atomic E-state index is -0.0719. The third-order valence-corrected chi connectivity index (χ3v) is 1.64. The van der Waals surface area contributed by atoms with Crippen LogP contribution in [-0.4, -0.2) is 15.4 Å². The fourth-order valence-electron chi connectivity index (χ4n) is 1.03. The van der Waals surface area contributed by atoms with Gasteiger partial charge in [-0.15, -0.1) is 0 Å². The van der Waals surface area contributed by atoms with Crippen LogP contribution in [0.5, 0.6) is 0 Å². The monoisotopic (exact) mass is 166 g/mol. The lowest BCUT2D eigenvalue weighted by molar-refractivity contribution is 0.394. The number of nitrogens with zero attached hydrogens (tertiary/aromatic N) is 2. The van der Waals surface area contributed by atoms with Crippen LogP contribution in [0, 0.1) is 5.41 Å². The Balaban J connectivity index is 3.17. The van der Waals surface area contributed by atoms with Gasteiger partial charge in [0.25, 0.3) is 0 Å². The molecule has 0 aliphatic heterocycles. The Morgan fingerprint density at radius 1 is 1.58 bits per heavy atom. The molecule has 0 bridgehead atoms. The molecule has 1 heterocycles. The van der Waals surface area contributed by atoms with Crippen molar-refractivity contribution < 1.29 is 0 Å². The van der Waals surface area contributed by atoms with Crippen molar-refractivity contribution in [2.24, 2.45) is 5.73 Å². The van der Waals surface area contributed by atoms with Gasteiger partial charge in [-0.3, -0.25) is 5.41 Å². The van der Waals surface area contributed by atoms with Gasteiger partial charge >= 0.3 is 0 Å². The molecule has 4 nitrogen and oxygen atoms in total. The molecule has 0 aromatic carbocycles. The minimum Gasteiger partial charge on any atom is -0.382 e. The Morgan fingerprint density at radius 2 is 2.17 bits per heavy atom. The van der Waals surface area contributed by atoms with Crippen LogP contribution >= 0.6 is 0 Å². The Bertz CT molecular complexity index is 292. The smallest absolute Gasteiger partial charge is 0.141 e. The Hall–Kier alpha value is -1.32. The van der Waals surface area contributed by atoms with Crippen LogP contribution in [0.15, 0.2) is 12.5 Å². The molecule has 0 amide bonds. The van der Waals surface area contributed by atoms with Gasteiger partial charge in [-0.1, -0.05) is 0 Å². The van der Waals surface area contributed by atoms with Gasteiger partial charge in [0.05, 0.1) is 12.5 Å². The van der Waals surface area contributed by atoms with Crippen molar-refractivity contribution in [2.75, 3.05) is 0 Å². The zero-order valence-corrected chi connectivity index (χ0v) is 7.63. The van der Waals surface area contributed by atoms with E-state index in [0.29, 0.717) is 5.69 Å². The molecule has 0 saturated carbocycles. The molecule has 1 aromatic rings. The Kier molecular flexibility index (Phi) is 1.92. The van der Waals surface area contributed by atoms with Gasteiger partial charge in [0.1, 0.15) is 11.5 Å². The lowest BCUT2D eigenvalue weighted by Crippen LogP contribution is -2.27. The van der Waals surface area contributed by atoms with Crippen LogP contribution in [0.1, 0.15) is 26.5 Å². The van der Waals surface area contributed by atoms with Gasteiger partial charge in [-0.2, -0.15) is 0 Å². The summed E-state index contributed by atoms with van der Waals surface area (Å²) < 4.78 is 1.88. The van der Waals surface area contributed by atoms with E-state index < -0.39 is 0 Å². The fourth-order valence-corrected chi connectivity index (χ4v) is 1.03. The summed E-state index contributed by atoms with van der Waals surface area (Å²) in [5.74, 6) is 0.0578. The fraction of sp³-hybridized carbons (Fsp3) is 0.500. The second kappa shape index (κ2) is 2.62. The highest BCUT2D eigenvalue weighted by molar-refractivity contribution is 5.93. The molecule has 0 unspecified atom stereocenters. The minimum absolute atomic E-state index is 0.0578. The zero-order chi connectivity index (χ0) is 9.35. The molecule has 66 valence electrons. The summed E-state index contributed by atoms with van der Waals surface area (Å²) in [6.45, 7) is 6.13. The normalized spacial score (nSPS) is 11.6. The number of nitrogens with two attached hydrogens (primary N) is 1. The van der Waals surface area contributed by atoms with E-state index in [1.165, 1.54) is 0 Å². The van der Waals surface area contributed by atoms with Crippen molar-refractivity contribution in [1.29, 1.82) is 5.41 Å². The first kappa shape index (κ1) is 8.77. The summed E-state index contributed by atoms with van der Waals surface area (Å²) in [5, 5.41) is 7.29. The average molecular weight is 166 g/mol. The van der Waals surface area contributed by atoms with Gasteiger partial charge in [-0.25, -0.2) is 4.98 Å². The molecule has 0 aliphatic carbocycles. The molecule has 0 spiro atoms. The van der Waals surface area contributed by atoms with Crippen molar-refractivity contribution >= 4 is 5.84 Å². The van der Waals surface area contributed by atoms with E-state index in [4.69, 9.17) is 11.1 Å². The number of rotatable bonds is 1. The molecule has 0 fully saturated rings. The molecular weight excluding hydrogens is 152 g/mol. The van der Waals surface area contributed by atoms with Gasteiger partial charge < -0.3 is 10.3 Å². The van der Waals surface area contributed by atoms with Crippen molar-refractivity contribution in [3.8, 4) is 0 Å². The van der Waals surface area contributed by atoms with E-state index in [2.05, 4.69) is 4.98 Å². The highest BCUT2D eigenvalue weighted by Gasteiger charge is 2.17. The second-order valence-electron chi connectivity index (χ2n) is 3.73. The number of nitrogens with one attached hydrogen (secondary N) is 1. The first-order valence-corrected chi connectivity index (χ1v) is 3.80. The number of amidine groups is 1. The van der Waals surface area contributed by atoms with E-state index in [9.17, 15) is 0 Å². The second-order valence-corrected chi connectivity index (χ2v) is 3.73. The number of imidazole rings is 1. The van der Waals surface area contributed by atoms with Crippen LogP contribution in [0.4, 0.5) is 0 Å². The number of hydrogen-bond donors (Lipinski definition) is 2. The Morgan fingerprint density at radius 3 is 2.50 bits per heavy atom. The zero-order valence-electron chi connectivity index (χ0n) is 7.63. The summed E-state index contributed by atoms with van der Waals surface area (Å²) in [6.07, 6.45) is 3.30. The predicted octanol–water partition coefficient (Wildman–Crippen LogP) is 0.922. The van der Waals surface area contributed by atoms with Crippen molar-refractivity contribution in [1.82, 2.24) is 9.55 Å². The van der Waals surface area contributed by atoms with Gasteiger partial charge in [0.2, 0.25) is 0 Å². The van der Waals surface area contributed by atoms with E-state index in [0.717, 1.165) is 0 Å². The molecule has 12 heavy (non-hydrogen) atoms. The number of nitrogen functional groups attached to an aromatic ring is 1. The van der Waals surface area contributed by atoms with Crippen LogP contribution in [-0.2, 0) is 5.54 Å². The third kappa shape index (κ3) is 1.47. The Labute approximate surface area is 71.9 Å². The molecule has 1 aromatic heterocycles. The number of aromatic nitrogens is 2. The summed E-state index contributed by atoms with van der Waals surface area (Å²) >= 11 is 0. The molecule has 3 N–H and O–H groups in total. The largest absolute Gasteiger partial charge is 0.382 e. The lowest BCUT2D eigenvalue weighted by atomic mass is 10.1. The molecule has 0 saturated heterocycles. The highest BCUT2D eigenvalue weighted by Crippen LogP contribution is 2.15.